The number of amides is 1. The summed E-state index contributed by atoms with van der Waals surface area (Å²) in [6.45, 7) is 6.94. The Morgan fingerprint density at radius 1 is 0.969 bits per heavy atom. The number of aryl methyl sites for hydroxylation is 1. The van der Waals surface area contributed by atoms with E-state index in [2.05, 4.69) is 24.3 Å². The normalized spacial score (nSPS) is 15.1. The highest BCUT2D eigenvalue weighted by atomic mass is 16.2. The monoisotopic (exact) mass is 429 g/mol. The van der Waals surface area contributed by atoms with Crippen LogP contribution >= 0.6 is 0 Å². The van der Waals surface area contributed by atoms with Gasteiger partial charge in [-0.05, 0) is 37.3 Å². The summed E-state index contributed by atoms with van der Waals surface area (Å²) in [5.74, 6) is 1.08. The first-order chi connectivity index (χ1) is 15.6. The fourth-order valence-corrected chi connectivity index (χ4v) is 4.46. The van der Waals surface area contributed by atoms with Gasteiger partial charge in [-0.3, -0.25) is 14.2 Å². The van der Waals surface area contributed by atoms with E-state index in [1.807, 2.05) is 66.6 Å². The highest BCUT2D eigenvalue weighted by molar-refractivity contribution is 5.81. The minimum absolute atomic E-state index is 0.00808. The third-order valence-electron chi connectivity index (χ3n) is 6.17. The average Bonchev–Trinajstić information content (AvgIpc) is 3.69. The van der Waals surface area contributed by atoms with Gasteiger partial charge in [-0.15, -0.1) is 0 Å². The van der Waals surface area contributed by atoms with E-state index in [4.69, 9.17) is 4.98 Å². The van der Waals surface area contributed by atoms with Crippen molar-refractivity contribution < 1.29 is 4.79 Å². The summed E-state index contributed by atoms with van der Waals surface area (Å²) in [7, 11) is 0. The van der Waals surface area contributed by atoms with Crippen molar-refractivity contribution in [3.05, 3.63) is 99.2 Å². The molecule has 1 fully saturated rings. The first kappa shape index (κ1) is 22.0. The molecular formula is C27H31N3O2. The predicted molar refractivity (Wildman–Crippen MR) is 127 cm³/mol. The van der Waals surface area contributed by atoms with Crippen LogP contribution in [0.2, 0.25) is 0 Å². The first-order valence-corrected chi connectivity index (χ1v) is 11.6. The van der Waals surface area contributed by atoms with Gasteiger partial charge in [-0.25, -0.2) is 4.98 Å². The molecule has 32 heavy (non-hydrogen) atoms. The van der Waals surface area contributed by atoms with Gasteiger partial charge in [-0.2, -0.15) is 0 Å². The van der Waals surface area contributed by atoms with Crippen LogP contribution in [0, 0.1) is 12.8 Å². The molecule has 0 atom stereocenters. The maximum Gasteiger partial charge on any atom is 0.257 e. The molecule has 166 valence electrons. The average molecular weight is 430 g/mol. The third kappa shape index (κ3) is 4.24. The zero-order chi connectivity index (χ0) is 22.7. The summed E-state index contributed by atoms with van der Waals surface area (Å²) >= 11 is 0. The highest BCUT2D eigenvalue weighted by Gasteiger charge is 2.36. The van der Waals surface area contributed by atoms with Crippen molar-refractivity contribution in [3.63, 3.8) is 0 Å². The zero-order valence-electron chi connectivity index (χ0n) is 19.1. The van der Waals surface area contributed by atoms with Gasteiger partial charge in [0.05, 0.1) is 18.3 Å². The van der Waals surface area contributed by atoms with Crippen molar-refractivity contribution in [3.8, 4) is 0 Å². The molecule has 2 aromatic carbocycles. The molecule has 1 amide bonds. The second-order valence-electron chi connectivity index (χ2n) is 8.27. The van der Waals surface area contributed by atoms with Crippen molar-refractivity contribution in [1.82, 2.24) is 14.5 Å². The molecule has 0 radical (unpaired) electrons. The van der Waals surface area contributed by atoms with E-state index in [1.54, 1.807) is 0 Å². The summed E-state index contributed by atoms with van der Waals surface area (Å²) in [5.41, 5.74) is 3.62. The number of aromatic nitrogens is 2. The molecule has 0 N–H and O–H groups in total. The standard InChI is InChI=1S/C25H25N3O2.C2H6/c1-17-26-22-16-27(24(29)20-12-13-20)15-14-21(22)25(30)28(17)23(18-8-4-2-5-9-18)19-10-6-3-7-11-19;1-2/h2-11,20,23H,12-16H2,1H3;1-2H3. The van der Waals surface area contributed by atoms with Gasteiger partial charge < -0.3 is 4.90 Å². The molecule has 2 aliphatic rings. The van der Waals surface area contributed by atoms with Gasteiger partial charge in [0.25, 0.3) is 5.56 Å². The summed E-state index contributed by atoms with van der Waals surface area (Å²) < 4.78 is 1.82. The second-order valence-corrected chi connectivity index (χ2v) is 8.27. The van der Waals surface area contributed by atoms with Crippen LogP contribution in [0.25, 0.3) is 0 Å². The molecule has 1 saturated carbocycles. The van der Waals surface area contributed by atoms with E-state index in [9.17, 15) is 9.59 Å². The number of fused-ring (bicyclic) bond motifs is 1. The van der Waals surface area contributed by atoms with Gasteiger partial charge in [0.2, 0.25) is 5.91 Å². The number of rotatable bonds is 4. The zero-order valence-corrected chi connectivity index (χ0v) is 19.1. The molecule has 0 unspecified atom stereocenters. The number of hydrogen-bond acceptors (Lipinski definition) is 3. The van der Waals surface area contributed by atoms with E-state index in [0.717, 1.165) is 35.2 Å². The maximum absolute atomic E-state index is 13.7. The van der Waals surface area contributed by atoms with Gasteiger partial charge in [0, 0.05) is 18.0 Å². The molecule has 5 rings (SSSR count). The quantitative estimate of drug-likeness (QED) is 0.613. The third-order valence-corrected chi connectivity index (χ3v) is 6.17. The molecule has 1 aromatic heterocycles. The van der Waals surface area contributed by atoms with Crippen molar-refractivity contribution in [2.45, 2.75) is 52.6 Å². The number of carbonyl (C=O) groups is 1. The van der Waals surface area contributed by atoms with E-state index < -0.39 is 0 Å². The Bertz CT molecular complexity index is 1100. The van der Waals surface area contributed by atoms with E-state index in [-0.39, 0.29) is 23.4 Å². The lowest BCUT2D eigenvalue weighted by Gasteiger charge is -2.30. The Hall–Kier alpha value is -3.21. The van der Waals surface area contributed by atoms with Crippen molar-refractivity contribution >= 4 is 5.91 Å². The Morgan fingerprint density at radius 3 is 2.06 bits per heavy atom. The minimum atomic E-state index is -0.233. The van der Waals surface area contributed by atoms with Gasteiger partial charge >= 0.3 is 0 Å². The molecule has 5 nitrogen and oxygen atoms in total. The Kier molecular flexibility index (Phi) is 6.54. The summed E-state index contributed by atoms with van der Waals surface area (Å²) in [5, 5.41) is 0. The number of carbonyl (C=O) groups excluding carboxylic acids is 1. The van der Waals surface area contributed by atoms with Crippen LogP contribution in [0.15, 0.2) is 65.5 Å². The largest absolute Gasteiger partial charge is 0.336 e. The van der Waals surface area contributed by atoms with Gasteiger partial charge in [0.15, 0.2) is 0 Å². The molecule has 0 saturated heterocycles. The Labute approximate surface area is 189 Å². The van der Waals surface area contributed by atoms with Crippen LogP contribution < -0.4 is 5.56 Å². The summed E-state index contributed by atoms with van der Waals surface area (Å²) in [6.07, 6.45) is 2.55. The molecular weight excluding hydrogens is 398 g/mol. The smallest absolute Gasteiger partial charge is 0.257 e. The summed E-state index contributed by atoms with van der Waals surface area (Å²) in [6, 6.07) is 19.9. The SMILES string of the molecule is CC.Cc1nc2c(c(=O)n1C(c1ccccc1)c1ccccc1)CCN(C(=O)C1CC1)C2. The Balaban J connectivity index is 0.00000119. The molecule has 0 bridgehead atoms. The van der Waals surface area contributed by atoms with Gasteiger partial charge in [0.1, 0.15) is 5.82 Å². The van der Waals surface area contributed by atoms with Crippen LogP contribution in [0.4, 0.5) is 0 Å². The minimum Gasteiger partial charge on any atom is -0.336 e. The molecule has 1 aliphatic carbocycles. The van der Waals surface area contributed by atoms with Crippen LogP contribution in [0.3, 0.4) is 0 Å². The number of nitrogens with zero attached hydrogens (tertiary/aromatic N) is 3. The van der Waals surface area contributed by atoms with Crippen LogP contribution in [-0.4, -0.2) is 26.9 Å². The van der Waals surface area contributed by atoms with Crippen LogP contribution in [0.5, 0.6) is 0 Å². The first-order valence-electron chi connectivity index (χ1n) is 11.6. The molecule has 5 heteroatoms. The topological polar surface area (TPSA) is 55.2 Å². The van der Waals surface area contributed by atoms with Gasteiger partial charge in [-0.1, -0.05) is 74.5 Å². The maximum atomic E-state index is 13.7. The van der Waals surface area contributed by atoms with E-state index in [1.165, 1.54) is 0 Å². The van der Waals surface area contributed by atoms with Crippen LogP contribution in [0.1, 0.15) is 60.9 Å². The number of hydrogen-bond donors (Lipinski definition) is 0. The lowest BCUT2D eigenvalue weighted by molar-refractivity contribution is -0.133. The van der Waals surface area contributed by atoms with Crippen molar-refractivity contribution in [1.29, 1.82) is 0 Å². The summed E-state index contributed by atoms with van der Waals surface area (Å²) in [4.78, 5) is 32.9. The Morgan fingerprint density at radius 2 is 1.53 bits per heavy atom. The molecule has 2 heterocycles. The fraction of sp³-hybridized carbons (Fsp3) is 0.370. The second kappa shape index (κ2) is 9.51. The van der Waals surface area contributed by atoms with Crippen LogP contribution in [-0.2, 0) is 17.8 Å². The van der Waals surface area contributed by atoms with E-state index >= 15 is 0 Å². The number of benzene rings is 2. The molecule has 3 aromatic rings. The predicted octanol–water partition coefficient (Wildman–Crippen LogP) is 4.51. The van der Waals surface area contributed by atoms with Crippen molar-refractivity contribution in [2.75, 3.05) is 6.54 Å². The van der Waals surface area contributed by atoms with E-state index in [0.29, 0.717) is 25.3 Å². The van der Waals surface area contributed by atoms with Crippen molar-refractivity contribution in [2.24, 2.45) is 5.92 Å². The lowest BCUT2D eigenvalue weighted by atomic mass is 9.97. The highest BCUT2D eigenvalue weighted by Crippen LogP contribution is 2.33. The molecule has 1 aliphatic heterocycles. The lowest BCUT2D eigenvalue weighted by Crippen LogP contribution is -2.42. The molecule has 0 spiro atoms. The fourth-order valence-electron chi connectivity index (χ4n) is 4.46.